The quantitative estimate of drug-likeness (QED) is 0.717. The minimum Gasteiger partial charge on any atom is -0.496 e. The topological polar surface area (TPSA) is 29.5 Å². The molecule has 0 aliphatic carbocycles. The monoisotopic (exact) mass is 225 g/mol. The average molecular weight is 225 g/mol. The number of carbonyl (C=O) groups excluding carboxylic acids is 1. The molecule has 0 atom stereocenters. The molecule has 0 aliphatic rings. The lowest BCUT2D eigenvalue weighted by Crippen LogP contribution is -2.17. The molecule has 0 amide bonds. The summed E-state index contributed by atoms with van der Waals surface area (Å²) in [4.78, 5) is 13.7. The average Bonchev–Trinajstić information content (AvgIpc) is 2.25. The number of methoxy groups -OCH3 is 1. The van der Waals surface area contributed by atoms with Crippen molar-refractivity contribution in [3.8, 4) is 5.75 Å². The van der Waals surface area contributed by atoms with Crippen LogP contribution in [0.25, 0.3) is 0 Å². The maximum atomic E-state index is 13.0. The second kappa shape index (κ2) is 5.61. The highest BCUT2D eigenvalue weighted by Gasteiger charge is 2.13. The SMILES string of the molecule is COc1ccc(F)cc1C(=O)CCN(C)C. The number of hydrogen-bond acceptors (Lipinski definition) is 3. The van der Waals surface area contributed by atoms with Gasteiger partial charge in [0, 0.05) is 13.0 Å². The number of ether oxygens (including phenoxy) is 1. The molecule has 16 heavy (non-hydrogen) atoms. The Morgan fingerprint density at radius 3 is 2.69 bits per heavy atom. The van der Waals surface area contributed by atoms with Gasteiger partial charge in [0.15, 0.2) is 5.78 Å². The zero-order valence-electron chi connectivity index (χ0n) is 9.79. The molecule has 0 unspecified atom stereocenters. The number of benzene rings is 1. The maximum absolute atomic E-state index is 13.0. The van der Waals surface area contributed by atoms with Crippen LogP contribution in [-0.2, 0) is 0 Å². The van der Waals surface area contributed by atoms with Crippen LogP contribution >= 0.6 is 0 Å². The molecule has 0 N–H and O–H groups in total. The summed E-state index contributed by atoms with van der Waals surface area (Å²) in [5.74, 6) is -0.107. The fraction of sp³-hybridized carbons (Fsp3) is 0.417. The van der Waals surface area contributed by atoms with Gasteiger partial charge in [-0.1, -0.05) is 0 Å². The lowest BCUT2D eigenvalue weighted by molar-refractivity contribution is 0.0969. The van der Waals surface area contributed by atoms with E-state index >= 15 is 0 Å². The molecule has 0 saturated carbocycles. The Morgan fingerprint density at radius 2 is 2.12 bits per heavy atom. The first kappa shape index (κ1) is 12.6. The molecule has 4 heteroatoms. The van der Waals surface area contributed by atoms with Gasteiger partial charge in [0.1, 0.15) is 11.6 Å². The van der Waals surface area contributed by atoms with Gasteiger partial charge in [-0.05, 0) is 32.3 Å². The summed E-state index contributed by atoms with van der Waals surface area (Å²) in [6.07, 6.45) is 0.354. The highest BCUT2D eigenvalue weighted by atomic mass is 19.1. The largest absolute Gasteiger partial charge is 0.496 e. The molecule has 0 saturated heterocycles. The molecular formula is C12H16FNO2. The Bertz CT molecular complexity index is 377. The number of rotatable bonds is 5. The lowest BCUT2D eigenvalue weighted by atomic mass is 10.1. The third-order valence-corrected chi connectivity index (χ3v) is 2.25. The van der Waals surface area contributed by atoms with E-state index in [4.69, 9.17) is 4.74 Å². The molecule has 1 aromatic carbocycles. The first-order valence-corrected chi connectivity index (χ1v) is 5.06. The Morgan fingerprint density at radius 1 is 1.44 bits per heavy atom. The van der Waals surface area contributed by atoms with E-state index in [0.29, 0.717) is 24.3 Å². The highest BCUT2D eigenvalue weighted by Crippen LogP contribution is 2.20. The number of halogens is 1. The first-order chi connectivity index (χ1) is 7.54. The summed E-state index contributed by atoms with van der Waals surface area (Å²) in [7, 11) is 5.24. The van der Waals surface area contributed by atoms with Crippen molar-refractivity contribution in [3.63, 3.8) is 0 Å². The van der Waals surface area contributed by atoms with E-state index in [1.807, 2.05) is 19.0 Å². The smallest absolute Gasteiger partial charge is 0.167 e. The van der Waals surface area contributed by atoms with Crippen LogP contribution in [0.5, 0.6) is 5.75 Å². The maximum Gasteiger partial charge on any atom is 0.167 e. The van der Waals surface area contributed by atoms with Gasteiger partial charge in [-0.25, -0.2) is 4.39 Å². The van der Waals surface area contributed by atoms with Gasteiger partial charge in [-0.15, -0.1) is 0 Å². The number of nitrogens with zero attached hydrogens (tertiary/aromatic N) is 1. The number of ketones is 1. The molecule has 0 spiro atoms. The number of carbonyl (C=O) groups is 1. The zero-order valence-corrected chi connectivity index (χ0v) is 9.79. The van der Waals surface area contributed by atoms with Crippen molar-refractivity contribution < 1.29 is 13.9 Å². The van der Waals surface area contributed by atoms with E-state index in [1.54, 1.807) is 0 Å². The molecule has 3 nitrogen and oxygen atoms in total. The summed E-state index contributed by atoms with van der Waals surface area (Å²) in [5.41, 5.74) is 0.310. The lowest BCUT2D eigenvalue weighted by Gasteiger charge is -2.10. The van der Waals surface area contributed by atoms with Gasteiger partial charge in [-0.3, -0.25) is 4.79 Å². The van der Waals surface area contributed by atoms with E-state index in [1.165, 1.54) is 25.3 Å². The van der Waals surface area contributed by atoms with Gasteiger partial charge in [0.05, 0.1) is 12.7 Å². The molecule has 1 aromatic rings. The minimum absolute atomic E-state index is 0.106. The van der Waals surface area contributed by atoms with E-state index in [-0.39, 0.29) is 5.78 Å². The van der Waals surface area contributed by atoms with Crippen molar-refractivity contribution in [1.82, 2.24) is 4.90 Å². The van der Waals surface area contributed by atoms with Crippen LogP contribution in [0.3, 0.4) is 0 Å². The van der Waals surface area contributed by atoms with Gasteiger partial charge in [0.25, 0.3) is 0 Å². The molecule has 88 valence electrons. The van der Waals surface area contributed by atoms with Crippen molar-refractivity contribution in [2.45, 2.75) is 6.42 Å². The fourth-order valence-corrected chi connectivity index (χ4v) is 1.36. The van der Waals surface area contributed by atoms with Crippen LogP contribution in [0.4, 0.5) is 4.39 Å². The second-order valence-electron chi connectivity index (χ2n) is 3.82. The van der Waals surface area contributed by atoms with Crippen LogP contribution in [-0.4, -0.2) is 38.4 Å². The van der Waals surface area contributed by atoms with Crippen LogP contribution in [0.15, 0.2) is 18.2 Å². The number of Topliss-reactive ketones (excluding diaryl/α,β-unsaturated/α-hetero) is 1. The summed E-state index contributed by atoms with van der Waals surface area (Å²) in [6.45, 7) is 0.637. The van der Waals surface area contributed by atoms with Crippen molar-refractivity contribution in [3.05, 3.63) is 29.6 Å². The summed E-state index contributed by atoms with van der Waals surface area (Å²) in [6, 6.07) is 3.97. The summed E-state index contributed by atoms with van der Waals surface area (Å²) < 4.78 is 18.1. The van der Waals surface area contributed by atoms with Gasteiger partial charge >= 0.3 is 0 Å². The minimum atomic E-state index is -0.422. The molecule has 0 fully saturated rings. The highest BCUT2D eigenvalue weighted by molar-refractivity contribution is 5.98. The molecule has 0 radical (unpaired) electrons. The van der Waals surface area contributed by atoms with Crippen LogP contribution < -0.4 is 4.74 Å². The molecule has 0 bridgehead atoms. The summed E-state index contributed by atoms with van der Waals surface area (Å²) in [5, 5.41) is 0. The Hall–Kier alpha value is -1.42. The normalized spacial score (nSPS) is 10.6. The van der Waals surface area contributed by atoms with Crippen LogP contribution in [0, 0.1) is 5.82 Å². The van der Waals surface area contributed by atoms with Crippen LogP contribution in [0.2, 0.25) is 0 Å². The predicted octanol–water partition coefficient (Wildman–Crippen LogP) is 1.97. The van der Waals surface area contributed by atoms with Crippen molar-refractivity contribution in [2.24, 2.45) is 0 Å². The van der Waals surface area contributed by atoms with Crippen molar-refractivity contribution >= 4 is 5.78 Å². The summed E-state index contributed by atoms with van der Waals surface area (Å²) >= 11 is 0. The fourth-order valence-electron chi connectivity index (χ4n) is 1.36. The van der Waals surface area contributed by atoms with Gasteiger partial charge < -0.3 is 9.64 Å². The molecule has 0 aromatic heterocycles. The van der Waals surface area contributed by atoms with E-state index in [9.17, 15) is 9.18 Å². The second-order valence-corrected chi connectivity index (χ2v) is 3.82. The van der Waals surface area contributed by atoms with Gasteiger partial charge in [-0.2, -0.15) is 0 Å². The Balaban J connectivity index is 2.84. The van der Waals surface area contributed by atoms with E-state index in [0.717, 1.165) is 0 Å². The van der Waals surface area contributed by atoms with Crippen LogP contribution in [0.1, 0.15) is 16.8 Å². The predicted molar refractivity (Wildman–Crippen MR) is 60.5 cm³/mol. The van der Waals surface area contributed by atoms with E-state index in [2.05, 4.69) is 0 Å². The zero-order chi connectivity index (χ0) is 12.1. The third kappa shape index (κ3) is 3.31. The molecule has 0 heterocycles. The van der Waals surface area contributed by atoms with Gasteiger partial charge in [0.2, 0.25) is 0 Å². The molecular weight excluding hydrogens is 209 g/mol. The van der Waals surface area contributed by atoms with Crippen molar-refractivity contribution in [1.29, 1.82) is 0 Å². The molecule has 1 rings (SSSR count). The third-order valence-electron chi connectivity index (χ3n) is 2.25. The van der Waals surface area contributed by atoms with Crippen molar-refractivity contribution in [2.75, 3.05) is 27.7 Å². The first-order valence-electron chi connectivity index (χ1n) is 5.06. The molecule has 0 aliphatic heterocycles. The standard InChI is InChI=1S/C12H16FNO2/c1-14(2)7-6-11(15)10-8-9(13)4-5-12(10)16-3/h4-5,8H,6-7H2,1-3H3. The Labute approximate surface area is 94.8 Å². The Kier molecular flexibility index (Phi) is 4.43. The number of hydrogen-bond donors (Lipinski definition) is 0. The van der Waals surface area contributed by atoms with E-state index < -0.39 is 5.82 Å².